The molecule has 0 heterocycles. The van der Waals surface area contributed by atoms with Crippen LogP contribution in [0.15, 0.2) is 48.5 Å². The van der Waals surface area contributed by atoms with Gasteiger partial charge in [-0.3, -0.25) is 0 Å². The average molecular weight is 277 g/mol. The van der Waals surface area contributed by atoms with Gasteiger partial charge in [-0.2, -0.15) is 10.5 Å². The molecule has 104 valence electrons. The Balaban J connectivity index is 1.87. The SMILES string of the molecule is CN(CCOc1cccc(C#N)c1)c1ccc(C#N)cc1. The van der Waals surface area contributed by atoms with Crippen molar-refractivity contribution in [3.8, 4) is 17.9 Å². The molecule has 0 aliphatic carbocycles. The first-order chi connectivity index (χ1) is 10.2. The molecule has 0 saturated heterocycles. The summed E-state index contributed by atoms with van der Waals surface area (Å²) in [6, 6.07) is 18.7. The second kappa shape index (κ2) is 6.98. The largest absolute Gasteiger partial charge is 0.492 e. The van der Waals surface area contributed by atoms with Gasteiger partial charge in [0.05, 0.1) is 29.8 Å². The van der Waals surface area contributed by atoms with Gasteiger partial charge in [-0.05, 0) is 42.5 Å². The summed E-state index contributed by atoms with van der Waals surface area (Å²) in [4.78, 5) is 2.05. The minimum absolute atomic E-state index is 0.519. The van der Waals surface area contributed by atoms with E-state index in [4.69, 9.17) is 15.3 Å². The Bertz CT molecular complexity index is 680. The highest BCUT2D eigenvalue weighted by molar-refractivity contribution is 5.49. The zero-order chi connectivity index (χ0) is 15.1. The fraction of sp³-hybridized carbons (Fsp3) is 0.176. The van der Waals surface area contributed by atoms with Gasteiger partial charge in [0.1, 0.15) is 12.4 Å². The number of likely N-dealkylation sites (N-methyl/N-ethyl adjacent to an activating group) is 1. The van der Waals surface area contributed by atoms with Crippen molar-refractivity contribution in [3.05, 3.63) is 59.7 Å². The van der Waals surface area contributed by atoms with Crippen LogP contribution in [0, 0.1) is 22.7 Å². The molecule has 0 bridgehead atoms. The molecule has 2 aromatic rings. The van der Waals surface area contributed by atoms with E-state index in [-0.39, 0.29) is 0 Å². The monoisotopic (exact) mass is 277 g/mol. The third kappa shape index (κ3) is 3.99. The zero-order valence-corrected chi connectivity index (χ0v) is 11.8. The first-order valence-electron chi connectivity index (χ1n) is 6.57. The maximum atomic E-state index is 8.83. The van der Waals surface area contributed by atoms with E-state index < -0.39 is 0 Å². The van der Waals surface area contributed by atoms with Crippen molar-refractivity contribution in [1.82, 2.24) is 0 Å². The third-order valence-corrected chi connectivity index (χ3v) is 3.10. The van der Waals surface area contributed by atoms with Crippen LogP contribution in [0.3, 0.4) is 0 Å². The first-order valence-corrected chi connectivity index (χ1v) is 6.57. The van der Waals surface area contributed by atoms with Crippen LogP contribution in [0.25, 0.3) is 0 Å². The molecule has 0 atom stereocenters. The smallest absolute Gasteiger partial charge is 0.120 e. The van der Waals surface area contributed by atoms with Gasteiger partial charge >= 0.3 is 0 Å². The van der Waals surface area contributed by atoms with Crippen molar-refractivity contribution in [2.75, 3.05) is 25.1 Å². The highest BCUT2D eigenvalue weighted by Gasteiger charge is 2.02. The minimum Gasteiger partial charge on any atom is -0.492 e. The Labute approximate surface area is 124 Å². The Morgan fingerprint density at radius 1 is 1.00 bits per heavy atom. The topological polar surface area (TPSA) is 60.0 Å². The fourth-order valence-electron chi connectivity index (χ4n) is 1.88. The predicted octanol–water partition coefficient (Wildman–Crippen LogP) is 2.95. The van der Waals surface area contributed by atoms with Crippen molar-refractivity contribution < 1.29 is 4.74 Å². The number of hydrogen-bond acceptors (Lipinski definition) is 4. The molecule has 4 nitrogen and oxygen atoms in total. The van der Waals surface area contributed by atoms with Gasteiger partial charge in [-0.25, -0.2) is 0 Å². The molecule has 0 aliphatic rings. The zero-order valence-electron chi connectivity index (χ0n) is 11.8. The molecule has 4 heteroatoms. The van der Waals surface area contributed by atoms with Gasteiger partial charge in [0.15, 0.2) is 0 Å². The summed E-state index contributed by atoms with van der Waals surface area (Å²) in [5.74, 6) is 0.697. The van der Waals surface area contributed by atoms with Crippen LogP contribution in [-0.4, -0.2) is 20.2 Å². The van der Waals surface area contributed by atoms with Gasteiger partial charge in [0, 0.05) is 12.7 Å². The third-order valence-electron chi connectivity index (χ3n) is 3.10. The van der Waals surface area contributed by atoms with Crippen molar-refractivity contribution >= 4 is 5.69 Å². The Hall–Kier alpha value is -2.98. The van der Waals surface area contributed by atoms with Crippen LogP contribution in [0.4, 0.5) is 5.69 Å². The number of rotatable bonds is 5. The lowest BCUT2D eigenvalue weighted by atomic mass is 10.2. The van der Waals surface area contributed by atoms with E-state index >= 15 is 0 Å². The molecular formula is C17H15N3O. The van der Waals surface area contributed by atoms with E-state index in [2.05, 4.69) is 17.0 Å². The Kier molecular flexibility index (Phi) is 4.79. The maximum Gasteiger partial charge on any atom is 0.120 e. The molecule has 0 spiro atoms. The summed E-state index contributed by atoms with van der Waals surface area (Å²) in [7, 11) is 1.97. The van der Waals surface area contributed by atoms with Crippen LogP contribution in [-0.2, 0) is 0 Å². The molecule has 2 aromatic carbocycles. The molecule has 2 rings (SSSR count). The van der Waals surface area contributed by atoms with Crippen molar-refractivity contribution in [1.29, 1.82) is 10.5 Å². The second-order valence-corrected chi connectivity index (χ2v) is 4.57. The number of anilines is 1. The molecule has 0 aromatic heterocycles. The number of hydrogen-bond donors (Lipinski definition) is 0. The molecular weight excluding hydrogens is 262 g/mol. The normalized spacial score (nSPS) is 9.48. The molecule has 0 N–H and O–H groups in total. The van der Waals surface area contributed by atoms with Gasteiger partial charge in [-0.1, -0.05) is 6.07 Å². The van der Waals surface area contributed by atoms with Gasteiger partial charge in [-0.15, -0.1) is 0 Å². The van der Waals surface area contributed by atoms with Crippen LogP contribution < -0.4 is 9.64 Å². The van der Waals surface area contributed by atoms with E-state index in [9.17, 15) is 0 Å². The van der Waals surface area contributed by atoms with E-state index in [1.54, 1.807) is 30.3 Å². The van der Waals surface area contributed by atoms with Crippen molar-refractivity contribution in [3.63, 3.8) is 0 Å². The van der Waals surface area contributed by atoms with Crippen molar-refractivity contribution in [2.24, 2.45) is 0 Å². The minimum atomic E-state index is 0.519. The highest BCUT2D eigenvalue weighted by atomic mass is 16.5. The van der Waals surface area contributed by atoms with Crippen LogP contribution in [0.2, 0.25) is 0 Å². The lowest BCUT2D eigenvalue weighted by molar-refractivity contribution is 0.326. The van der Waals surface area contributed by atoms with Gasteiger partial charge < -0.3 is 9.64 Å². The first kappa shape index (κ1) is 14.4. The van der Waals surface area contributed by atoms with Gasteiger partial charge in [0.2, 0.25) is 0 Å². The molecule has 0 aliphatic heterocycles. The lowest BCUT2D eigenvalue weighted by Gasteiger charge is -2.19. The molecule has 0 amide bonds. The summed E-state index contributed by atoms with van der Waals surface area (Å²) < 4.78 is 5.64. The summed E-state index contributed by atoms with van der Waals surface area (Å²) in [6.07, 6.45) is 0. The second-order valence-electron chi connectivity index (χ2n) is 4.57. The Morgan fingerprint density at radius 2 is 1.71 bits per heavy atom. The highest BCUT2D eigenvalue weighted by Crippen LogP contribution is 2.15. The standard InChI is InChI=1S/C17H15N3O/c1-20(16-7-5-14(12-18)6-8-16)9-10-21-17-4-2-3-15(11-17)13-19/h2-8,11H,9-10H2,1H3. The molecule has 0 saturated carbocycles. The van der Waals surface area contributed by atoms with E-state index in [0.717, 1.165) is 5.69 Å². The number of benzene rings is 2. The lowest BCUT2D eigenvalue weighted by Crippen LogP contribution is -2.23. The predicted molar refractivity (Wildman–Crippen MR) is 81.1 cm³/mol. The van der Waals surface area contributed by atoms with Crippen molar-refractivity contribution in [2.45, 2.75) is 0 Å². The van der Waals surface area contributed by atoms with Crippen LogP contribution >= 0.6 is 0 Å². The summed E-state index contributed by atoms with van der Waals surface area (Å²) in [6.45, 7) is 1.23. The Morgan fingerprint density at radius 3 is 2.38 bits per heavy atom. The van der Waals surface area contributed by atoms with Gasteiger partial charge in [0.25, 0.3) is 0 Å². The molecule has 0 fully saturated rings. The van der Waals surface area contributed by atoms with Crippen LogP contribution in [0.1, 0.15) is 11.1 Å². The van der Waals surface area contributed by atoms with E-state index in [1.165, 1.54) is 0 Å². The summed E-state index contributed by atoms with van der Waals surface area (Å²) in [5.41, 5.74) is 2.27. The quantitative estimate of drug-likeness (QED) is 0.843. The molecule has 0 unspecified atom stereocenters. The van der Waals surface area contributed by atoms with E-state index in [1.807, 2.05) is 25.2 Å². The number of nitrogens with zero attached hydrogens (tertiary/aromatic N) is 3. The number of ether oxygens (including phenoxy) is 1. The maximum absolute atomic E-state index is 8.83. The summed E-state index contributed by atoms with van der Waals surface area (Å²) >= 11 is 0. The molecule has 21 heavy (non-hydrogen) atoms. The fourth-order valence-corrected chi connectivity index (χ4v) is 1.88. The van der Waals surface area contributed by atoms with Crippen LogP contribution in [0.5, 0.6) is 5.75 Å². The molecule has 0 radical (unpaired) electrons. The number of nitriles is 2. The average Bonchev–Trinajstić information content (AvgIpc) is 2.55. The summed E-state index contributed by atoms with van der Waals surface area (Å²) in [5, 5.41) is 17.6. The van der Waals surface area contributed by atoms with E-state index in [0.29, 0.717) is 30.0 Å².